The van der Waals surface area contributed by atoms with Crippen molar-refractivity contribution in [3.63, 3.8) is 0 Å². The van der Waals surface area contributed by atoms with Crippen LogP contribution in [0.4, 0.5) is 4.39 Å². The van der Waals surface area contributed by atoms with Crippen LogP contribution in [0.15, 0.2) is 48.5 Å². The summed E-state index contributed by atoms with van der Waals surface area (Å²) in [7, 11) is 0. The molecule has 5 heteroatoms. The van der Waals surface area contributed by atoms with Gasteiger partial charge in [0, 0.05) is 24.2 Å². The summed E-state index contributed by atoms with van der Waals surface area (Å²) in [4.78, 5) is 14.4. The highest BCUT2D eigenvalue weighted by molar-refractivity contribution is 5.94. The first-order valence-electron chi connectivity index (χ1n) is 8.33. The molecule has 0 radical (unpaired) electrons. The van der Waals surface area contributed by atoms with Crippen molar-refractivity contribution in [3.8, 4) is 5.75 Å². The molecule has 0 aliphatic rings. The molecular formula is C20H24FNO3. The summed E-state index contributed by atoms with van der Waals surface area (Å²) in [5.41, 5.74) is 1.35. The third-order valence-corrected chi connectivity index (χ3v) is 3.72. The highest BCUT2D eigenvalue weighted by Gasteiger charge is 2.20. The normalized spacial score (nSPS) is 12.1. The maximum Gasteiger partial charge on any atom is 0.254 e. The van der Waals surface area contributed by atoms with Crippen LogP contribution in [0.3, 0.4) is 0 Å². The standard InChI is InChI=1S/C20H24FNO3/c1-14(2)22(12-15(3)23)20(24)17-7-4-6-16(10-17)13-25-19-9-5-8-18(21)11-19/h4-11,14-15,23H,12-13H2,1-3H3. The van der Waals surface area contributed by atoms with Crippen LogP contribution in [0.25, 0.3) is 0 Å². The summed E-state index contributed by atoms with van der Waals surface area (Å²) >= 11 is 0. The lowest BCUT2D eigenvalue weighted by atomic mass is 10.1. The smallest absolute Gasteiger partial charge is 0.254 e. The van der Waals surface area contributed by atoms with Crippen LogP contribution in [0.1, 0.15) is 36.7 Å². The number of nitrogens with zero attached hydrogens (tertiary/aromatic N) is 1. The van der Waals surface area contributed by atoms with Gasteiger partial charge in [0.15, 0.2) is 0 Å². The SMILES string of the molecule is CC(O)CN(C(=O)c1cccc(COc2cccc(F)c2)c1)C(C)C. The number of aliphatic hydroxyl groups is 1. The molecule has 0 bridgehead atoms. The molecule has 0 spiro atoms. The second-order valence-electron chi connectivity index (χ2n) is 6.35. The number of benzene rings is 2. The van der Waals surface area contributed by atoms with Crippen LogP contribution in [0.2, 0.25) is 0 Å². The molecule has 0 fully saturated rings. The minimum Gasteiger partial charge on any atom is -0.489 e. The average molecular weight is 345 g/mol. The number of halogens is 1. The zero-order chi connectivity index (χ0) is 18.4. The molecule has 25 heavy (non-hydrogen) atoms. The van der Waals surface area contributed by atoms with Gasteiger partial charge in [-0.2, -0.15) is 0 Å². The molecule has 2 aromatic rings. The van der Waals surface area contributed by atoms with Gasteiger partial charge in [-0.15, -0.1) is 0 Å². The van der Waals surface area contributed by atoms with Crippen molar-refractivity contribution in [3.05, 3.63) is 65.5 Å². The molecule has 4 nitrogen and oxygen atoms in total. The zero-order valence-electron chi connectivity index (χ0n) is 14.8. The van der Waals surface area contributed by atoms with Gasteiger partial charge in [-0.05, 0) is 50.6 Å². The van der Waals surface area contributed by atoms with Gasteiger partial charge in [-0.3, -0.25) is 4.79 Å². The van der Waals surface area contributed by atoms with E-state index in [2.05, 4.69) is 0 Å². The first kappa shape index (κ1) is 18.9. The largest absolute Gasteiger partial charge is 0.489 e. The average Bonchev–Trinajstić information content (AvgIpc) is 2.57. The van der Waals surface area contributed by atoms with Gasteiger partial charge in [0.2, 0.25) is 0 Å². The summed E-state index contributed by atoms with van der Waals surface area (Å²) in [6.45, 7) is 6.00. The summed E-state index contributed by atoms with van der Waals surface area (Å²) in [6, 6.07) is 13.1. The van der Waals surface area contributed by atoms with Crippen LogP contribution in [-0.2, 0) is 6.61 Å². The van der Waals surface area contributed by atoms with Crippen molar-refractivity contribution in [1.82, 2.24) is 4.90 Å². The number of hydrogen-bond donors (Lipinski definition) is 1. The lowest BCUT2D eigenvalue weighted by Crippen LogP contribution is -2.41. The Morgan fingerprint density at radius 3 is 2.52 bits per heavy atom. The quantitative estimate of drug-likeness (QED) is 0.833. The molecule has 0 heterocycles. The molecule has 0 aliphatic carbocycles. The Balaban J connectivity index is 2.10. The van der Waals surface area contributed by atoms with E-state index in [1.165, 1.54) is 12.1 Å². The molecule has 0 aromatic heterocycles. The Morgan fingerprint density at radius 1 is 1.16 bits per heavy atom. The third kappa shape index (κ3) is 5.57. The maximum atomic E-state index is 13.2. The lowest BCUT2D eigenvalue weighted by molar-refractivity contribution is 0.0578. The Labute approximate surface area is 147 Å². The molecule has 0 saturated heterocycles. The Bertz CT molecular complexity index is 716. The highest BCUT2D eigenvalue weighted by atomic mass is 19.1. The van der Waals surface area contributed by atoms with Crippen molar-refractivity contribution < 1.29 is 19.0 Å². The van der Waals surface area contributed by atoms with E-state index in [-0.39, 0.29) is 30.9 Å². The minimum atomic E-state index is -0.592. The highest BCUT2D eigenvalue weighted by Crippen LogP contribution is 2.16. The van der Waals surface area contributed by atoms with E-state index in [4.69, 9.17) is 4.74 Å². The number of hydrogen-bond acceptors (Lipinski definition) is 3. The molecular weight excluding hydrogens is 321 g/mol. The molecule has 1 unspecified atom stereocenters. The fourth-order valence-corrected chi connectivity index (χ4v) is 2.50. The number of carbonyl (C=O) groups excluding carboxylic acids is 1. The molecule has 1 N–H and O–H groups in total. The first-order chi connectivity index (χ1) is 11.9. The van der Waals surface area contributed by atoms with Crippen molar-refractivity contribution in [2.45, 2.75) is 39.5 Å². The van der Waals surface area contributed by atoms with Crippen molar-refractivity contribution >= 4 is 5.91 Å². The fourth-order valence-electron chi connectivity index (χ4n) is 2.50. The lowest BCUT2D eigenvalue weighted by Gasteiger charge is -2.28. The van der Waals surface area contributed by atoms with Crippen LogP contribution in [0, 0.1) is 5.82 Å². The van der Waals surface area contributed by atoms with Crippen LogP contribution in [0.5, 0.6) is 5.75 Å². The summed E-state index contributed by atoms with van der Waals surface area (Å²) in [6.07, 6.45) is -0.592. The first-order valence-corrected chi connectivity index (χ1v) is 8.33. The van der Waals surface area contributed by atoms with E-state index in [1.807, 2.05) is 19.9 Å². The van der Waals surface area contributed by atoms with E-state index in [1.54, 1.807) is 42.2 Å². The number of amides is 1. The van der Waals surface area contributed by atoms with Gasteiger partial charge in [0.05, 0.1) is 6.10 Å². The topological polar surface area (TPSA) is 49.8 Å². The van der Waals surface area contributed by atoms with Gasteiger partial charge in [0.1, 0.15) is 18.2 Å². The predicted octanol–water partition coefficient (Wildman–Crippen LogP) is 3.64. The van der Waals surface area contributed by atoms with E-state index < -0.39 is 6.10 Å². The Morgan fingerprint density at radius 2 is 1.88 bits per heavy atom. The zero-order valence-corrected chi connectivity index (χ0v) is 14.8. The van der Waals surface area contributed by atoms with E-state index in [0.717, 1.165) is 5.56 Å². The van der Waals surface area contributed by atoms with E-state index in [9.17, 15) is 14.3 Å². The number of ether oxygens (including phenoxy) is 1. The van der Waals surface area contributed by atoms with Crippen molar-refractivity contribution in [1.29, 1.82) is 0 Å². The number of carbonyl (C=O) groups is 1. The Hall–Kier alpha value is -2.40. The molecule has 0 aliphatic heterocycles. The summed E-state index contributed by atoms with van der Waals surface area (Å²) < 4.78 is 18.8. The molecule has 2 aromatic carbocycles. The van der Waals surface area contributed by atoms with Crippen molar-refractivity contribution in [2.75, 3.05) is 6.54 Å². The number of aliphatic hydroxyl groups excluding tert-OH is 1. The molecule has 1 amide bonds. The molecule has 134 valence electrons. The minimum absolute atomic E-state index is 0.0192. The summed E-state index contributed by atoms with van der Waals surface area (Å²) in [5, 5.41) is 9.61. The fraction of sp³-hybridized carbons (Fsp3) is 0.350. The van der Waals surface area contributed by atoms with Gasteiger partial charge in [-0.25, -0.2) is 4.39 Å². The second kappa shape index (κ2) is 8.62. The molecule has 0 saturated carbocycles. The monoisotopic (exact) mass is 345 g/mol. The van der Waals surface area contributed by atoms with E-state index in [0.29, 0.717) is 11.3 Å². The van der Waals surface area contributed by atoms with Crippen molar-refractivity contribution in [2.24, 2.45) is 0 Å². The third-order valence-electron chi connectivity index (χ3n) is 3.72. The van der Waals surface area contributed by atoms with Gasteiger partial charge < -0.3 is 14.7 Å². The van der Waals surface area contributed by atoms with Gasteiger partial charge >= 0.3 is 0 Å². The van der Waals surface area contributed by atoms with E-state index >= 15 is 0 Å². The maximum absolute atomic E-state index is 13.2. The van der Waals surface area contributed by atoms with Gasteiger partial charge in [0.25, 0.3) is 5.91 Å². The van der Waals surface area contributed by atoms with Gasteiger partial charge in [-0.1, -0.05) is 18.2 Å². The van der Waals surface area contributed by atoms with Crippen LogP contribution >= 0.6 is 0 Å². The predicted molar refractivity (Wildman–Crippen MR) is 95.0 cm³/mol. The molecule has 1 atom stereocenters. The number of rotatable bonds is 7. The summed E-state index contributed by atoms with van der Waals surface area (Å²) in [5.74, 6) is -0.0507. The van der Waals surface area contributed by atoms with Crippen LogP contribution in [-0.4, -0.2) is 34.6 Å². The van der Waals surface area contributed by atoms with Crippen LogP contribution < -0.4 is 4.74 Å². The second-order valence-corrected chi connectivity index (χ2v) is 6.35. The molecule has 2 rings (SSSR count). The Kier molecular flexibility index (Phi) is 6.53.